The Kier molecular flexibility index (Phi) is 12.2. The van der Waals surface area contributed by atoms with Gasteiger partial charge in [0.15, 0.2) is 6.10 Å². The molecule has 6 rings (SSSR count). The smallest absolute Gasteiger partial charge is 0.335 e. The number of hydrogen-bond acceptors (Lipinski definition) is 5. The molecule has 0 amide bonds. The molecule has 0 spiro atoms. The van der Waals surface area contributed by atoms with Crippen LogP contribution in [0, 0.1) is 0 Å². The summed E-state index contributed by atoms with van der Waals surface area (Å²) < 4.78 is 23.8. The molecular formula is C46H48O5. The van der Waals surface area contributed by atoms with E-state index in [1.54, 1.807) is 6.92 Å². The number of hydrogen-bond donors (Lipinski definition) is 0. The number of rotatable bonds is 15. The molecule has 0 radical (unpaired) electrons. The van der Waals surface area contributed by atoms with E-state index in [1.165, 1.54) is 27.8 Å². The molecule has 0 saturated heterocycles. The lowest BCUT2D eigenvalue weighted by Crippen LogP contribution is -2.28. The van der Waals surface area contributed by atoms with Gasteiger partial charge in [-0.1, -0.05) is 135 Å². The van der Waals surface area contributed by atoms with Crippen LogP contribution in [0.2, 0.25) is 0 Å². The van der Waals surface area contributed by atoms with Crippen LogP contribution < -0.4 is 4.74 Å². The molecule has 1 aliphatic carbocycles. The maximum absolute atomic E-state index is 12.3. The van der Waals surface area contributed by atoms with Crippen molar-refractivity contribution in [3.63, 3.8) is 0 Å². The van der Waals surface area contributed by atoms with Crippen LogP contribution in [0.25, 0.3) is 12.2 Å². The van der Waals surface area contributed by atoms with Gasteiger partial charge in [-0.2, -0.15) is 0 Å². The van der Waals surface area contributed by atoms with Gasteiger partial charge >= 0.3 is 5.97 Å². The van der Waals surface area contributed by atoms with Crippen molar-refractivity contribution in [2.75, 3.05) is 26.4 Å². The number of esters is 1. The van der Waals surface area contributed by atoms with E-state index >= 15 is 0 Å². The number of fused-ring (bicyclic) bond motifs is 2. The van der Waals surface area contributed by atoms with Gasteiger partial charge in [0.2, 0.25) is 0 Å². The van der Waals surface area contributed by atoms with E-state index in [2.05, 4.69) is 123 Å². The van der Waals surface area contributed by atoms with E-state index in [9.17, 15) is 4.79 Å². The number of ether oxygens (including phenoxy) is 4. The second-order valence-corrected chi connectivity index (χ2v) is 13.0. The first-order valence-corrected chi connectivity index (χ1v) is 18.1. The fraction of sp³-hybridized carbons (Fsp3) is 0.283. The first kappa shape index (κ1) is 35.8. The summed E-state index contributed by atoms with van der Waals surface area (Å²) in [4.78, 5) is 12.3. The first-order valence-electron chi connectivity index (χ1n) is 18.1. The second kappa shape index (κ2) is 17.3. The Hall–Kier alpha value is -4.97. The van der Waals surface area contributed by atoms with Gasteiger partial charge in [0.05, 0.1) is 13.2 Å². The minimum atomic E-state index is -0.622. The monoisotopic (exact) mass is 680 g/mol. The maximum Gasteiger partial charge on any atom is 0.335 e. The molecule has 0 saturated carbocycles. The summed E-state index contributed by atoms with van der Waals surface area (Å²) in [5.41, 5.74) is 10.7. The van der Waals surface area contributed by atoms with E-state index in [0.717, 1.165) is 28.0 Å². The molecule has 1 aliphatic rings. The molecule has 5 nitrogen and oxygen atoms in total. The van der Waals surface area contributed by atoms with Gasteiger partial charge in [0.25, 0.3) is 0 Å². The fourth-order valence-corrected chi connectivity index (χ4v) is 6.79. The van der Waals surface area contributed by atoms with E-state index in [1.807, 2.05) is 31.2 Å². The third-order valence-corrected chi connectivity index (χ3v) is 9.73. The third kappa shape index (κ3) is 8.86. The topological polar surface area (TPSA) is 54.0 Å². The number of carbonyl (C=O) groups excluding carboxylic acids is 1. The van der Waals surface area contributed by atoms with E-state index in [-0.39, 0.29) is 23.9 Å². The average molecular weight is 681 g/mol. The van der Waals surface area contributed by atoms with Crippen LogP contribution in [0.4, 0.5) is 0 Å². The molecule has 4 unspecified atom stereocenters. The standard InChI is InChI=1S/C46H48O5/c1-5-48-44(46(47)49-6-2)29-34-17-24-41(25-18-34)50-27-28-51-45-42-26-23-38(32(3)35-13-9-7-10-14-35)30-40(42)22-20-37-19-21-39(31-43(37)45)33(4)36-15-11-8-12-16-36/h7-26,30-33,44-45H,5-6,27-29H2,1-4H3. The SMILES string of the molecule is CCOC(=O)C(Cc1ccc(OCCOC2c3ccc(C(C)c4ccccc4)cc3C=Cc3ccc(C(C)c4ccccc4)cc32)cc1)OCC. The van der Waals surface area contributed by atoms with Crippen LogP contribution in [-0.4, -0.2) is 38.5 Å². The minimum Gasteiger partial charge on any atom is -0.491 e. The van der Waals surface area contributed by atoms with Gasteiger partial charge in [-0.05, 0) is 76.1 Å². The normalized spacial score (nSPS) is 15.2. The Morgan fingerprint density at radius 3 is 1.90 bits per heavy atom. The molecule has 0 N–H and O–H groups in total. The van der Waals surface area contributed by atoms with E-state index < -0.39 is 6.10 Å². The Morgan fingerprint density at radius 2 is 1.25 bits per heavy atom. The lowest BCUT2D eigenvalue weighted by Gasteiger charge is -2.24. The van der Waals surface area contributed by atoms with Gasteiger partial charge in [0.1, 0.15) is 18.5 Å². The molecule has 0 aliphatic heterocycles. The van der Waals surface area contributed by atoms with Crippen LogP contribution in [0.3, 0.4) is 0 Å². The molecule has 5 aromatic carbocycles. The number of benzene rings is 5. The van der Waals surface area contributed by atoms with Crippen LogP contribution in [0.5, 0.6) is 5.75 Å². The average Bonchev–Trinajstić information content (AvgIpc) is 3.33. The van der Waals surface area contributed by atoms with Gasteiger partial charge in [-0.15, -0.1) is 0 Å². The Bertz CT molecular complexity index is 1900. The van der Waals surface area contributed by atoms with Crippen molar-refractivity contribution in [1.29, 1.82) is 0 Å². The molecule has 4 atom stereocenters. The predicted molar refractivity (Wildman–Crippen MR) is 205 cm³/mol. The molecular weight excluding hydrogens is 633 g/mol. The van der Waals surface area contributed by atoms with Gasteiger partial charge < -0.3 is 18.9 Å². The summed E-state index contributed by atoms with van der Waals surface area (Å²) in [6.45, 7) is 9.77. The predicted octanol–water partition coefficient (Wildman–Crippen LogP) is 10.2. The van der Waals surface area contributed by atoms with Gasteiger partial charge in [0, 0.05) is 24.9 Å². The van der Waals surface area contributed by atoms with Crippen molar-refractivity contribution in [3.05, 3.63) is 171 Å². The zero-order valence-corrected chi connectivity index (χ0v) is 30.1. The van der Waals surface area contributed by atoms with Crippen molar-refractivity contribution in [1.82, 2.24) is 0 Å². The lowest BCUT2D eigenvalue weighted by molar-refractivity contribution is -0.156. The maximum atomic E-state index is 12.3. The first-order chi connectivity index (χ1) is 24.9. The van der Waals surface area contributed by atoms with Crippen molar-refractivity contribution < 1.29 is 23.7 Å². The summed E-state index contributed by atoms with van der Waals surface area (Å²) >= 11 is 0. The van der Waals surface area contributed by atoms with Crippen molar-refractivity contribution >= 4 is 18.1 Å². The molecule has 5 aromatic rings. The Morgan fingerprint density at radius 1 is 0.627 bits per heavy atom. The summed E-state index contributed by atoms with van der Waals surface area (Å²) in [6, 6.07) is 42.7. The van der Waals surface area contributed by atoms with Crippen LogP contribution in [0.1, 0.15) is 95.7 Å². The highest BCUT2D eigenvalue weighted by Crippen LogP contribution is 2.39. The second-order valence-electron chi connectivity index (χ2n) is 13.0. The van der Waals surface area contributed by atoms with Crippen LogP contribution in [-0.2, 0) is 25.4 Å². The molecule has 5 heteroatoms. The van der Waals surface area contributed by atoms with Crippen LogP contribution >= 0.6 is 0 Å². The summed E-state index contributed by atoms with van der Waals surface area (Å²) in [7, 11) is 0. The quantitative estimate of drug-likeness (QED) is 0.0814. The van der Waals surface area contributed by atoms with Crippen molar-refractivity contribution in [3.8, 4) is 5.75 Å². The minimum absolute atomic E-state index is 0.241. The van der Waals surface area contributed by atoms with Gasteiger partial charge in [-0.3, -0.25) is 0 Å². The largest absolute Gasteiger partial charge is 0.491 e. The number of carbonyl (C=O) groups is 1. The van der Waals surface area contributed by atoms with Crippen molar-refractivity contribution in [2.45, 2.75) is 58.2 Å². The third-order valence-electron chi connectivity index (χ3n) is 9.73. The molecule has 262 valence electrons. The van der Waals surface area contributed by atoms with E-state index in [0.29, 0.717) is 32.8 Å². The molecule has 0 heterocycles. The zero-order valence-electron chi connectivity index (χ0n) is 30.1. The highest BCUT2D eigenvalue weighted by Gasteiger charge is 2.25. The Labute approximate surface area is 302 Å². The molecule has 0 aromatic heterocycles. The summed E-state index contributed by atoms with van der Waals surface area (Å²) in [6.07, 6.45) is 4.01. The van der Waals surface area contributed by atoms with Gasteiger partial charge in [-0.25, -0.2) is 4.79 Å². The van der Waals surface area contributed by atoms with Crippen LogP contribution in [0.15, 0.2) is 121 Å². The highest BCUT2D eigenvalue weighted by molar-refractivity contribution is 5.77. The Balaban J connectivity index is 1.21. The summed E-state index contributed by atoms with van der Waals surface area (Å²) in [5, 5.41) is 0. The highest BCUT2D eigenvalue weighted by atomic mass is 16.6. The molecule has 0 bridgehead atoms. The van der Waals surface area contributed by atoms with Crippen molar-refractivity contribution in [2.24, 2.45) is 0 Å². The summed E-state index contributed by atoms with van der Waals surface area (Å²) in [5.74, 6) is 0.916. The molecule has 51 heavy (non-hydrogen) atoms. The van der Waals surface area contributed by atoms with E-state index in [4.69, 9.17) is 18.9 Å². The fourth-order valence-electron chi connectivity index (χ4n) is 6.79. The molecule has 0 fully saturated rings. The lowest BCUT2D eigenvalue weighted by atomic mass is 9.87. The zero-order chi connectivity index (χ0) is 35.6.